The average molecular weight is 250 g/mol. The van der Waals surface area contributed by atoms with E-state index < -0.39 is 0 Å². The van der Waals surface area contributed by atoms with Gasteiger partial charge in [-0.3, -0.25) is 0 Å². The van der Waals surface area contributed by atoms with Crippen molar-refractivity contribution < 1.29 is 68.1 Å². The molecule has 0 aromatic heterocycles. The Hall–Kier alpha value is 0.455. The van der Waals surface area contributed by atoms with Crippen LogP contribution in [0.15, 0.2) is 24.3 Å². The van der Waals surface area contributed by atoms with Crippen LogP contribution in [-0.2, 0) is 17.9 Å². The monoisotopic (exact) mass is 249 g/mol. The van der Waals surface area contributed by atoms with Gasteiger partial charge in [0, 0.05) is 6.54 Å². The van der Waals surface area contributed by atoms with Crippen LogP contribution in [0.1, 0.15) is 11.1 Å². The van der Waals surface area contributed by atoms with Crippen molar-refractivity contribution in [1.29, 1.82) is 0 Å². The molecule has 0 radical (unpaired) electrons. The molecule has 0 aliphatic rings. The topological polar surface area (TPSA) is 49.3 Å². The molecule has 0 spiro atoms. The first kappa shape index (κ1) is 13.5. The van der Waals surface area contributed by atoms with E-state index in [4.69, 9.17) is 5.11 Å². The average Bonchev–Trinajstić information content (AvgIpc) is 2.15. The molecule has 1 aromatic carbocycles. The van der Waals surface area contributed by atoms with Crippen LogP contribution in [0.3, 0.4) is 0 Å². The van der Waals surface area contributed by atoms with Crippen molar-refractivity contribution in [2.24, 2.45) is 0 Å². The van der Waals surface area contributed by atoms with Gasteiger partial charge in [0.25, 0.3) is 0 Å². The van der Waals surface area contributed by atoms with E-state index in [1.165, 1.54) is 0 Å². The Morgan fingerprint density at radius 3 is 2.23 bits per heavy atom. The van der Waals surface area contributed by atoms with Gasteiger partial charge in [-0.25, -0.2) is 0 Å². The van der Waals surface area contributed by atoms with Gasteiger partial charge in [-0.1, -0.05) is 24.3 Å². The van der Waals surface area contributed by atoms with Crippen LogP contribution in [0, 0.1) is 0 Å². The van der Waals surface area contributed by atoms with Gasteiger partial charge in [-0.15, -0.1) is 0 Å². The summed E-state index contributed by atoms with van der Waals surface area (Å²) in [4.78, 5) is 9.83. The van der Waals surface area contributed by atoms with E-state index in [0.29, 0.717) is 6.54 Å². The summed E-state index contributed by atoms with van der Waals surface area (Å²) in [5.74, 6) is 0. The van der Waals surface area contributed by atoms with Crippen molar-refractivity contribution in [1.82, 2.24) is 5.32 Å². The van der Waals surface area contributed by atoms with Crippen molar-refractivity contribution in [3.05, 3.63) is 35.4 Å². The summed E-state index contributed by atoms with van der Waals surface area (Å²) >= 11 is 0. The number of nitrogens with one attached hydrogen (secondary N) is 1. The van der Waals surface area contributed by atoms with E-state index in [2.05, 4.69) is 5.32 Å². The van der Waals surface area contributed by atoms with Gasteiger partial charge in [-0.2, -0.15) is 6.41 Å². The largest absolute Gasteiger partial charge is 1.00 e. The molecule has 0 atom stereocenters. The first-order valence-electron chi connectivity index (χ1n) is 3.65. The first-order valence-corrected chi connectivity index (χ1v) is 3.65. The van der Waals surface area contributed by atoms with Gasteiger partial charge in [0.15, 0.2) is 0 Å². The molecule has 64 valence electrons. The fourth-order valence-corrected chi connectivity index (χ4v) is 0.901. The molecule has 0 aliphatic carbocycles. The van der Waals surface area contributed by atoms with Crippen LogP contribution >= 0.6 is 0 Å². The number of rotatable bonds is 4. The van der Waals surface area contributed by atoms with E-state index in [9.17, 15) is 4.79 Å². The molecule has 0 heterocycles. The number of benzene rings is 1. The Bertz CT molecular complexity index is 248. The number of aliphatic hydroxyl groups is 1. The van der Waals surface area contributed by atoms with Crippen molar-refractivity contribution in [2.45, 2.75) is 13.2 Å². The molecule has 0 saturated carbocycles. The Kier molecular flexibility index (Phi) is 8.10. The zero-order valence-electron chi connectivity index (χ0n) is 7.58. The third-order valence-corrected chi connectivity index (χ3v) is 1.57. The van der Waals surface area contributed by atoms with Gasteiger partial charge in [0.2, 0.25) is 0 Å². The molecule has 0 aliphatic heterocycles. The summed E-state index contributed by atoms with van der Waals surface area (Å²) in [5.41, 5.74) is 1.87. The van der Waals surface area contributed by atoms with Crippen LogP contribution in [0.25, 0.3) is 0 Å². The van der Waals surface area contributed by atoms with Gasteiger partial charge < -0.3 is 15.2 Å². The SMILES string of the molecule is O=[C-]NCc1ccc(CO)cc1.[Rb+]. The Labute approximate surface area is 126 Å². The maximum Gasteiger partial charge on any atom is 1.00 e. The Morgan fingerprint density at radius 1 is 1.23 bits per heavy atom. The van der Waals surface area contributed by atoms with E-state index in [0.717, 1.165) is 11.1 Å². The third kappa shape index (κ3) is 5.03. The molecule has 13 heavy (non-hydrogen) atoms. The molecule has 1 aromatic rings. The number of aliphatic hydroxyl groups excluding tert-OH is 1. The second-order valence-corrected chi connectivity index (χ2v) is 2.43. The summed E-state index contributed by atoms with van der Waals surface area (Å²) in [6, 6.07) is 7.36. The number of amides is 1. The smallest absolute Gasteiger partial charge is 0.526 e. The van der Waals surface area contributed by atoms with Gasteiger partial charge >= 0.3 is 58.2 Å². The van der Waals surface area contributed by atoms with Gasteiger partial charge in [-0.05, 0) is 11.1 Å². The molecule has 3 nitrogen and oxygen atoms in total. The summed E-state index contributed by atoms with van der Waals surface area (Å²) < 4.78 is 0. The molecular weight excluding hydrogens is 240 g/mol. The van der Waals surface area contributed by atoms with E-state index in [1.54, 1.807) is 6.41 Å². The molecule has 0 saturated heterocycles. The van der Waals surface area contributed by atoms with Gasteiger partial charge in [0.05, 0.1) is 6.61 Å². The standard InChI is InChI=1S/C9H10NO2.Rb/c11-6-9-3-1-8(2-4-9)5-10-7-12;/h1-4,11H,5-6H2,(H,10,12);/q-1;+1. The number of hydrogen-bond donors (Lipinski definition) is 2. The minimum atomic E-state index is 0. The molecule has 1 rings (SSSR count). The third-order valence-electron chi connectivity index (χ3n) is 1.57. The zero-order valence-corrected chi connectivity index (χ0v) is 12.5. The fraction of sp³-hybridized carbons (Fsp3) is 0.222. The maximum absolute atomic E-state index is 9.83. The quantitative estimate of drug-likeness (QED) is 0.452. The molecule has 0 fully saturated rings. The summed E-state index contributed by atoms with van der Waals surface area (Å²) in [5, 5.41) is 11.2. The first-order chi connectivity index (χ1) is 5.86. The maximum atomic E-state index is 9.83. The molecule has 2 N–H and O–H groups in total. The number of carbonyl (C=O) groups excluding carboxylic acids is 1. The molecular formula is C9H10NO2Rb. The summed E-state index contributed by atoms with van der Waals surface area (Å²) in [7, 11) is 0. The fourth-order valence-electron chi connectivity index (χ4n) is 0.901. The van der Waals surface area contributed by atoms with Crippen molar-refractivity contribution in [2.75, 3.05) is 0 Å². The van der Waals surface area contributed by atoms with E-state index in [1.807, 2.05) is 24.3 Å². The summed E-state index contributed by atoms with van der Waals surface area (Å²) in [6.45, 7) is 0.530. The minimum absolute atomic E-state index is 0. The number of hydrogen-bond acceptors (Lipinski definition) is 2. The van der Waals surface area contributed by atoms with Crippen LogP contribution in [0.5, 0.6) is 0 Å². The van der Waals surface area contributed by atoms with Crippen LogP contribution in [-0.4, -0.2) is 11.5 Å². The summed E-state index contributed by atoms with van der Waals surface area (Å²) in [6.07, 6.45) is 1.60. The van der Waals surface area contributed by atoms with E-state index >= 15 is 0 Å². The molecule has 0 bridgehead atoms. The van der Waals surface area contributed by atoms with Crippen molar-refractivity contribution in [3.8, 4) is 0 Å². The van der Waals surface area contributed by atoms with Crippen molar-refractivity contribution in [3.63, 3.8) is 0 Å². The van der Waals surface area contributed by atoms with Gasteiger partial charge in [0.1, 0.15) is 0 Å². The predicted molar refractivity (Wildman–Crippen MR) is 44.9 cm³/mol. The second kappa shape index (κ2) is 7.82. The van der Waals surface area contributed by atoms with E-state index in [-0.39, 0.29) is 64.8 Å². The Morgan fingerprint density at radius 2 is 1.77 bits per heavy atom. The minimum Gasteiger partial charge on any atom is -0.526 e. The van der Waals surface area contributed by atoms with Crippen LogP contribution < -0.4 is 63.5 Å². The van der Waals surface area contributed by atoms with Crippen LogP contribution in [0.2, 0.25) is 0 Å². The Balaban J connectivity index is 0.00000144. The molecule has 1 amide bonds. The molecule has 0 unspecified atom stereocenters. The van der Waals surface area contributed by atoms with Crippen LogP contribution in [0.4, 0.5) is 0 Å². The normalized spacial score (nSPS) is 8.69. The second-order valence-electron chi connectivity index (χ2n) is 2.43. The zero-order chi connectivity index (χ0) is 8.81. The predicted octanol–water partition coefficient (Wildman–Crippen LogP) is -2.66. The van der Waals surface area contributed by atoms with Crippen molar-refractivity contribution >= 4 is 6.41 Å². The molecule has 4 heteroatoms.